The molecule has 2 N–H and O–H groups in total. The van der Waals surface area contributed by atoms with E-state index in [4.69, 9.17) is 9.97 Å². The number of aromatic hydroxyl groups is 1. The van der Waals surface area contributed by atoms with Crippen LogP contribution in [-0.2, 0) is 12.1 Å². The molecule has 2 aromatic heterocycles. The van der Waals surface area contributed by atoms with E-state index >= 15 is 0 Å². The average molecular weight is 569 g/mol. The Balaban J connectivity index is 1.54. The first-order valence-electron chi connectivity index (χ1n) is 13.3. The molecule has 1 saturated carbocycles. The molecule has 38 heavy (non-hydrogen) atoms. The smallest absolute Gasteiger partial charge is 0.160 e. The van der Waals surface area contributed by atoms with E-state index in [2.05, 4.69) is 77.7 Å². The number of phenolic OH excluding ortho intramolecular Hbond substituents is 1. The highest BCUT2D eigenvalue weighted by Gasteiger charge is 2.63. The zero-order valence-electron chi connectivity index (χ0n) is 22.0. The van der Waals surface area contributed by atoms with Crippen LogP contribution in [0.15, 0.2) is 65.1 Å². The lowest BCUT2D eigenvalue weighted by Gasteiger charge is -2.62. The fraction of sp³-hybridized carbons (Fsp3) is 0.312. The van der Waals surface area contributed by atoms with Crippen molar-refractivity contribution in [3.05, 3.63) is 76.4 Å². The minimum atomic E-state index is -1.05. The summed E-state index contributed by atoms with van der Waals surface area (Å²) >= 11 is 3.67. The summed E-state index contributed by atoms with van der Waals surface area (Å²) in [4.78, 5) is 10.2. The van der Waals surface area contributed by atoms with Crippen molar-refractivity contribution in [1.29, 1.82) is 0 Å². The second-order valence-electron chi connectivity index (χ2n) is 11.7. The Bertz CT molecular complexity index is 1770. The highest BCUT2D eigenvalue weighted by atomic mass is 79.9. The van der Waals surface area contributed by atoms with Gasteiger partial charge in [-0.15, -0.1) is 0 Å². The predicted molar refractivity (Wildman–Crippen MR) is 155 cm³/mol. The predicted octanol–water partition coefficient (Wildman–Crippen LogP) is 7.76. The fourth-order valence-electron chi connectivity index (χ4n) is 7.24. The molecule has 0 amide bonds. The third kappa shape index (κ3) is 3.13. The van der Waals surface area contributed by atoms with Crippen LogP contribution in [0.1, 0.15) is 51.3 Å². The van der Waals surface area contributed by atoms with Crippen molar-refractivity contribution in [2.45, 2.75) is 52.2 Å². The largest absolute Gasteiger partial charge is 0.508 e. The topological polar surface area (TPSA) is 71.2 Å². The molecule has 5 nitrogen and oxygen atoms in total. The Morgan fingerprint density at radius 1 is 0.921 bits per heavy atom. The zero-order chi connectivity index (χ0) is 26.6. The van der Waals surface area contributed by atoms with Crippen LogP contribution in [-0.4, -0.2) is 24.7 Å². The molecule has 192 valence electrons. The van der Waals surface area contributed by atoms with Crippen LogP contribution in [0.3, 0.4) is 0 Å². The molecule has 1 fully saturated rings. The van der Waals surface area contributed by atoms with E-state index in [9.17, 15) is 10.2 Å². The van der Waals surface area contributed by atoms with Gasteiger partial charge < -0.3 is 14.8 Å². The molecule has 0 aliphatic heterocycles. The summed E-state index contributed by atoms with van der Waals surface area (Å²) < 4.78 is 3.40. The van der Waals surface area contributed by atoms with Crippen LogP contribution in [0.2, 0.25) is 0 Å². The van der Waals surface area contributed by atoms with Crippen LogP contribution < -0.4 is 0 Å². The Kier molecular flexibility index (Phi) is 4.96. The van der Waals surface area contributed by atoms with Gasteiger partial charge in [0.25, 0.3) is 0 Å². The minimum Gasteiger partial charge on any atom is -0.508 e. The second kappa shape index (κ2) is 7.90. The molecule has 6 heteroatoms. The number of aryl methyl sites for hydroxylation is 1. The minimum absolute atomic E-state index is 0.0398. The maximum atomic E-state index is 11.9. The molecule has 3 unspecified atom stereocenters. The molecule has 8 rings (SSSR count). The molecule has 2 heterocycles. The van der Waals surface area contributed by atoms with E-state index in [0.717, 1.165) is 45.5 Å². The zero-order valence-corrected chi connectivity index (χ0v) is 23.5. The molecule has 3 aliphatic rings. The van der Waals surface area contributed by atoms with Gasteiger partial charge in [0, 0.05) is 49.5 Å². The van der Waals surface area contributed by atoms with Gasteiger partial charge in [-0.1, -0.05) is 35.8 Å². The highest BCUT2D eigenvalue weighted by molar-refractivity contribution is 9.10. The van der Waals surface area contributed by atoms with E-state index in [1.807, 2.05) is 19.1 Å². The van der Waals surface area contributed by atoms with E-state index in [0.29, 0.717) is 5.82 Å². The van der Waals surface area contributed by atoms with Crippen molar-refractivity contribution in [2.24, 2.45) is 11.3 Å². The Morgan fingerprint density at radius 2 is 1.58 bits per heavy atom. The van der Waals surface area contributed by atoms with Gasteiger partial charge in [0.15, 0.2) is 5.82 Å². The molecule has 3 atom stereocenters. The van der Waals surface area contributed by atoms with Crippen LogP contribution in [0.25, 0.3) is 44.5 Å². The summed E-state index contributed by atoms with van der Waals surface area (Å²) in [6.45, 7) is 9.50. The van der Waals surface area contributed by atoms with Gasteiger partial charge in [0.05, 0.1) is 11.4 Å². The molecule has 0 spiro atoms. The summed E-state index contributed by atoms with van der Waals surface area (Å²) in [6, 6.07) is 20.0. The number of fused-ring (bicyclic) bond motifs is 3. The lowest BCUT2D eigenvalue weighted by Crippen LogP contribution is -2.58. The summed E-state index contributed by atoms with van der Waals surface area (Å²) in [5.41, 5.74) is 5.87. The molecular weight excluding hydrogens is 538 g/mol. The molecule has 5 aromatic rings. The van der Waals surface area contributed by atoms with Gasteiger partial charge >= 0.3 is 0 Å². The number of aliphatic hydroxyl groups is 1. The molecular formula is C32H30BrN3O2. The Labute approximate surface area is 230 Å². The van der Waals surface area contributed by atoms with Gasteiger partial charge in [-0.2, -0.15) is 0 Å². The van der Waals surface area contributed by atoms with Gasteiger partial charge in [-0.05, 0) is 92.1 Å². The quantitative estimate of drug-likeness (QED) is 0.233. The molecule has 3 aromatic carbocycles. The van der Waals surface area contributed by atoms with Crippen LogP contribution in [0.4, 0.5) is 0 Å². The van der Waals surface area contributed by atoms with Crippen LogP contribution in [0, 0.1) is 11.3 Å². The maximum absolute atomic E-state index is 11.9. The van der Waals surface area contributed by atoms with Gasteiger partial charge in [0.2, 0.25) is 0 Å². The summed E-state index contributed by atoms with van der Waals surface area (Å²) in [5.74, 6) is 1.20. The molecule has 0 radical (unpaired) electrons. The first-order chi connectivity index (χ1) is 18.1. The number of phenols is 1. The highest BCUT2D eigenvalue weighted by Crippen LogP contribution is 2.68. The van der Waals surface area contributed by atoms with E-state index in [1.54, 1.807) is 12.1 Å². The van der Waals surface area contributed by atoms with Crippen molar-refractivity contribution in [2.75, 3.05) is 0 Å². The first-order valence-corrected chi connectivity index (χ1v) is 14.1. The van der Waals surface area contributed by atoms with Crippen molar-refractivity contribution in [3.8, 4) is 28.4 Å². The van der Waals surface area contributed by atoms with E-state index in [-0.39, 0.29) is 23.0 Å². The maximum Gasteiger partial charge on any atom is 0.160 e. The lowest BCUT2D eigenvalue weighted by molar-refractivity contribution is -0.149. The third-order valence-corrected chi connectivity index (χ3v) is 9.76. The van der Waals surface area contributed by atoms with Crippen LogP contribution in [0.5, 0.6) is 5.75 Å². The van der Waals surface area contributed by atoms with E-state index < -0.39 is 5.60 Å². The van der Waals surface area contributed by atoms with Crippen LogP contribution >= 0.6 is 15.9 Å². The molecule has 0 saturated heterocycles. The summed E-state index contributed by atoms with van der Waals surface area (Å²) in [5, 5.41) is 24.1. The Hall–Kier alpha value is -3.22. The number of rotatable bonds is 3. The number of benzene rings is 3. The number of nitrogens with zero attached hydrogens (tertiary/aromatic N) is 3. The molecule has 2 bridgehead atoms. The van der Waals surface area contributed by atoms with Crippen molar-refractivity contribution in [3.63, 3.8) is 0 Å². The normalized spacial score (nSPS) is 23.4. The Morgan fingerprint density at radius 3 is 2.26 bits per heavy atom. The van der Waals surface area contributed by atoms with Crippen molar-refractivity contribution < 1.29 is 10.2 Å². The standard InChI is InChI=1S/C32H30BrN3O2/c1-5-36-24-12-8-18(14-21(24)22-15-19(33)9-13-25(22)36)28-27-23-16-26(31(23,2)3)32(4,38)29(27)35-30(34-28)17-6-10-20(37)11-7-17/h6-15,23,26,37-38H,5,16H2,1-4H3. The first kappa shape index (κ1) is 23.9. The lowest BCUT2D eigenvalue weighted by atomic mass is 9.43. The number of halogens is 1. The van der Waals surface area contributed by atoms with Gasteiger partial charge in [-0.3, -0.25) is 0 Å². The summed E-state index contributed by atoms with van der Waals surface area (Å²) in [7, 11) is 0. The number of hydrogen-bond acceptors (Lipinski definition) is 4. The van der Waals surface area contributed by atoms with Crippen molar-refractivity contribution in [1.82, 2.24) is 14.5 Å². The van der Waals surface area contributed by atoms with Gasteiger partial charge in [-0.25, -0.2) is 9.97 Å². The SMILES string of the molecule is CCn1c2ccc(Br)cc2c2cc(-c3nc(-c4ccc(O)cc4)nc4c3C3CC(C4(C)O)C3(C)C)ccc21. The summed E-state index contributed by atoms with van der Waals surface area (Å²) in [6.07, 6.45) is 0.937. The van der Waals surface area contributed by atoms with E-state index in [1.165, 1.54) is 21.8 Å². The average Bonchev–Trinajstić information content (AvgIpc) is 3.20. The second-order valence-corrected chi connectivity index (χ2v) is 12.6. The number of hydrogen-bond donors (Lipinski definition) is 2. The van der Waals surface area contributed by atoms with Crippen molar-refractivity contribution >= 4 is 37.7 Å². The third-order valence-electron chi connectivity index (χ3n) is 9.26. The fourth-order valence-corrected chi connectivity index (χ4v) is 7.60. The monoisotopic (exact) mass is 567 g/mol. The number of aromatic nitrogens is 3. The molecule has 3 aliphatic carbocycles. The van der Waals surface area contributed by atoms with Gasteiger partial charge in [0.1, 0.15) is 11.4 Å².